The average Bonchev–Trinajstić information content (AvgIpc) is 2.96. The Kier molecular flexibility index (Phi) is 6.26. The summed E-state index contributed by atoms with van der Waals surface area (Å²) in [7, 11) is 0. The third-order valence-electron chi connectivity index (χ3n) is 4.16. The molecular formula is C16H24N4O2. The summed E-state index contributed by atoms with van der Waals surface area (Å²) in [6.45, 7) is 3.74. The third-order valence-corrected chi connectivity index (χ3v) is 4.16. The number of carbonyl (C=O) groups excluding carboxylic acids is 2. The van der Waals surface area contributed by atoms with E-state index in [0.29, 0.717) is 13.0 Å². The highest BCUT2D eigenvalue weighted by Gasteiger charge is 2.20. The van der Waals surface area contributed by atoms with Crippen LogP contribution < -0.4 is 5.32 Å². The van der Waals surface area contributed by atoms with Crippen LogP contribution in [0.1, 0.15) is 38.5 Å². The van der Waals surface area contributed by atoms with Crippen LogP contribution in [0.4, 0.5) is 0 Å². The maximum Gasteiger partial charge on any atom is 0.265 e. The van der Waals surface area contributed by atoms with Gasteiger partial charge >= 0.3 is 0 Å². The van der Waals surface area contributed by atoms with Gasteiger partial charge in [0.25, 0.3) is 5.91 Å². The molecule has 2 fully saturated rings. The van der Waals surface area contributed by atoms with Crippen molar-refractivity contribution in [1.82, 2.24) is 15.1 Å². The van der Waals surface area contributed by atoms with Crippen molar-refractivity contribution < 1.29 is 9.59 Å². The van der Waals surface area contributed by atoms with Crippen LogP contribution >= 0.6 is 0 Å². The van der Waals surface area contributed by atoms with Gasteiger partial charge in [-0.3, -0.25) is 9.59 Å². The van der Waals surface area contributed by atoms with Gasteiger partial charge in [-0.05, 0) is 32.1 Å². The Hall–Kier alpha value is -2.03. The Morgan fingerprint density at radius 3 is 2.64 bits per heavy atom. The number of carbonyl (C=O) groups is 2. The Balaban J connectivity index is 1.71. The summed E-state index contributed by atoms with van der Waals surface area (Å²) in [5.74, 6) is 0.0537. The second-order valence-corrected chi connectivity index (χ2v) is 5.81. The molecule has 0 aromatic rings. The molecule has 0 spiro atoms. The normalized spacial score (nSPS) is 19.2. The molecule has 2 rings (SSSR count). The molecule has 0 radical (unpaired) electrons. The molecule has 0 atom stereocenters. The van der Waals surface area contributed by atoms with E-state index in [2.05, 4.69) is 5.32 Å². The van der Waals surface area contributed by atoms with E-state index >= 15 is 0 Å². The first-order valence-corrected chi connectivity index (χ1v) is 8.13. The monoisotopic (exact) mass is 304 g/mol. The molecule has 2 heterocycles. The van der Waals surface area contributed by atoms with Gasteiger partial charge in [0.1, 0.15) is 11.6 Å². The van der Waals surface area contributed by atoms with Crippen LogP contribution in [-0.2, 0) is 9.59 Å². The van der Waals surface area contributed by atoms with Gasteiger partial charge in [0.05, 0.1) is 0 Å². The Labute approximate surface area is 131 Å². The van der Waals surface area contributed by atoms with Crippen molar-refractivity contribution >= 4 is 11.8 Å². The van der Waals surface area contributed by atoms with Gasteiger partial charge in [-0.2, -0.15) is 5.26 Å². The summed E-state index contributed by atoms with van der Waals surface area (Å²) in [5, 5.41) is 12.2. The zero-order valence-corrected chi connectivity index (χ0v) is 13.0. The first-order chi connectivity index (χ1) is 10.7. The van der Waals surface area contributed by atoms with Crippen molar-refractivity contribution in [3.05, 3.63) is 11.8 Å². The SMILES string of the molecule is N#C/C(=C/NCCCN1CCCC1=O)C(=O)N1CCCCC1. The van der Waals surface area contributed by atoms with Gasteiger partial charge in [-0.25, -0.2) is 0 Å². The molecule has 2 amide bonds. The van der Waals surface area contributed by atoms with Crippen LogP contribution in [0.25, 0.3) is 0 Å². The molecule has 6 nitrogen and oxygen atoms in total. The molecule has 0 saturated carbocycles. The molecule has 1 N–H and O–H groups in total. The quantitative estimate of drug-likeness (QED) is 0.451. The predicted octanol–water partition coefficient (Wildman–Crippen LogP) is 1.01. The van der Waals surface area contributed by atoms with E-state index < -0.39 is 0 Å². The van der Waals surface area contributed by atoms with Crippen molar-refractivity contribution in [3.63, 3.8) is 0 Å². The highest BCUT2D eigenvalue weighted by Crippen LogP contribution is 2.12. The van der Waals surface area contributed by atoms with Gasteiger partial charge in [0.2, 0.25) is 5.91 Å². The predicted molar refractivity (Wildman–Crippen MR) is 82.6 cm³/mol. The largest absolute Gasteiger partial charge is 0.390 e. The summed E-state index contributed by atoms with van der Waals surface area (Å²) >= 11 is 0. The number of amides is 2. The van der Waals surface area contributed by atoms with Crippen molar-refractivity contribution in [2.75, 3.05) is 32.7 Å². The van der Waals surface area contributed by atoms with Crippen LogP contribution in [-0.4, -0.2) is 54.3 Å². The Bertz CT molecular complexity index is 475. The summed E-state index contributed by atoms with van der Waals surface area (Å²) in [6, 6.07) is 1.98. The number of rotatable bonds is 6. The number of hydrogen-bond acceptors (Lipinski definition) is 4. The fraction of sp³-hybridized carbons (Fsp3) is 0.688. The highest BCUT2D eigenvalue weighted by atomic mass is 16.2. The van der Waals surface area contributed by atoms with Crippen LogP contribution in [0.5, 0.6) is 0 Å². The summed E-state index contributed by atoms with van der Waals surface area (Å²) in [6.07, 6.45) is 7.14. The number of hydrogen-bond donors (Lipinski definition) is 1. The van der Waals surface area contributed by atoms with Gasteiger partial charge < -0.3 is 15.1 Å². The van der Waals surface area contributed by atoms with Crippen molar-refractivity contribution in [2.45, 2.75) is 38.5 Å². The molecule has 0 aliphatic carbocycles. The van der Waals surface area contributed by atoms with E-state index in [9.17, 15) is 9.59 Å². The first-order valence-electron chi connectivity index (χ1n) is 8.13. The number of nitriles is 1. The van der Waals surface area contributed by atoms with E-state index in [-0.39, 0.29) is 17.4 Å². The van der Waals surface area contributed by atoms with Crippen LogP contribution in [0, 0.1) is 11.3 Å². The minimum atomic E-state index is -0.176. The number of nitrogens with zero attached hydrogens (tertiary/aromatic N) is 3. The standard InChI is InChI=1S/C16H24N4O2/c17-12-14(16(22)20-8-2-1-3-9-20)13-18-7-5-11-19-10-4-6-15(19)21/h13,18H,1-11H2/b14-13-. The molecule has 2 saturated heterocycles. The fourth-order valence-electron chi connectivity index (χ4n) is 2.90. The number of nitrogens with one attached hydrogen (secondary N) is 1. The van der Waals surface area contributed by atoms with Gasteiger partial charge in [-0.1, -0.05) is 0 Å². The maximum absolute atomic E-state index is 12.2. The van der Waals surface area contributed by atoms with Crippen LogP contribution in [0.15, 0.2) is 11.8 Å². The minimum Gasteiger partial charge on any atom is -0.390 e. The molecule has 0 bridgehead atoms. The smallest absolute Gasteiger partial charge is 0.265 e. The lowest BCUT2D eigenvalue weighted by molar-refractivity contribution is -0.128. The van der Waals surface area contributed by atoms with E-state index in [0.717, 1.165) is 58.3 Å². The van der Waals surface area contributed by atoms with Crippen molar-refractivity contribution in [1.29, 1.82) is 5.26 Å². The lowest BCUT2D eigenvalue weighted by Crippen LogP contribution is -2.36. The molecule has 120 valence electrons. The van der Waals surface area contributed by atoms with Crippen molar-refractivity contribution in [2.24, 2.45) is 0 Å². The summed E-state index contributed by atoms with van der Waals surface area (Å²) in [4.78, 5) is 27.3. The lowest BCUT2D eigenvalue weighted by Gasteiger charge is -2.26. The molecule has 0 aromatic heterocycles. The van der Waals surface area contributed by atoms with Gasteiger partial charge in [0.15, 0.2) is 0 Å². The minimum absolute atomic E-state index is 0.166. The Morgan fingerprint density at radius 1 is 1.23 bits per heavy atom. The molecule has 22 heavy (non-hydrogen) atoms. The zero-order chi connectivity index (χ0) is 15.8. The summed E-state index contributed by atoms with van der Waals surface area (Å²) < 4.78 is 0. The molecule has 0 unspecified atom stereocenters. The second-order valence-electron chi connectivity index (χ2n) is 5.81. The summed E-state index contributed by atoms with van der Waals surface area (Å²) in [5.41, 5.74) is 0.166. The van der Waals surface area contributed by atoms with Gasteiger partial charge in [-0.15, -0.1) is 0 Å². The molecule has 0 aromatic carbocycles. The number of piperidine rings is 1. The Morgan fingerprint density at radius 2 is 2.00 bits per heavy atom. The van der Waals surface area contributed by atoms with E-state index in [1.165, 1.54) is 6.20 Å². The van der Waals surface area contributed by atoms with E-state index in [1.54, 1.807) is 4.90 Å². The molecule has 2 aliphatic heterocycles. The van der Waals surface area contributed by atoms with Crippen LogP contribution in [0.2, 0.25) is 0 Å². The number of likely N-dealkylation sites (tertiary alicyclic amines) is 2. The molecule has 2 aliphatic rings. The lowest BCUT2D eigenvalue weighted by atomic mass is 10.1. The molecule has 6 heteroatoms. The highest BCUT2D eigenvalue weighted by molar-refractivity contribution is 5.97. The average molecular weight is 304 g/mol. The first kappa shape index (κ1) is 16.3. The van der Waals surface area contributed by atoms with E-state index in [1.807, 2.05) is 11.0 Å². The fourth-order valence-corrected chi connectivity index (χ4v) is 2.90. The second kappa shape index (κ2) is 8.42. The topological polar surface area (TPSA) is 76.4 Å². The zero-order valence-electron chi connectivity index (χ0n) is 13.0. The van der Waals surface area contributed by atoms with Crippen LogP contribution in [0.3, 0.4) is 0 Å². The maximum atomic E-state index is 12.2. The molecular weight excluding hydrogens is 280 g/mol. The van der Waals surface area contributed by atoms with E-state index in [4.69, 9.17) is 5.26 Å². The van der Waals surface area contributed by atoms with Gasteiger partial charge in [0, 0.05) is 45.3 Å². The van der Waals surface area contributed by atoms with Crippen molar-refractivity contribution in [3.8, 4) is 6.07 Å². The third kappa shape index (κ3) is 4.48.